The van der Waals surface area contributed by atoms with E-state index >= 15 is 0 Å². The molecule has 2 aromatic heterocycles. The summed E-state index contributed by atoms with van der Waals surface area (Å²) in [5.41, 5.74) is 7.40. The largest absolute Gasteiger partial charge is 0.361 e. The zero-order chi connectivity index (χ0) is 14.4. The first-order valence-electron chi connectivity index (χ1n) is 7.21. The highest BCUT2D eigenvalue weighted by Crippen LogP contribution is 2.27. The summed E-state index contributed by atoms with van der Waals surface area (Å²) in [6.07, 6.45) is 6.41. The van der Waals surface area contributed by atoms with Crippen molar-refractivity contribution in [2.75, 3.05) is 0 Å². The quantitative estimate of drug-likeness (QED) is 0.522. The summed E-state index contributed by atoms with van der Waals surface area (Å²) in [6, 6.07) is 13.0. The van der Waals surface area contributed by atoms with Crippen molar-refractivity contribution < 1.29 is 0 Å². The lowest BCUT2D eigenvalue weighted by Gasteiger charge is -2.00. The molecule has 0 spiro atoms. The standard InChI is InChI=1S/C19H17N2/c1-12-3-5-18-16(7-12)14(10-20-18)9-15-11-21-19-6-4-13(2)8-17(15)19/h3-11,20-21H,1-2H3. The van der Waals surface area contributed by atoms with Crippen LogP contribution in [0.4, 0.5) is 0 Å². The average molecular weight is 273 g/mol. The van der Waals surface area contributed by atoms with E-state index in [1.165, 1.54) is 44.1 Å². The van der Waals surface area contributed by atoms with Gasteiger partial charge in [-0.2, -0.15) is 0 Å². The van der Waals surface area contributed by atoms with Crippen LogP contribution in [0.2, 0.25) is 0 Å². The van der Waals surface area contributed by atoms with Crippen molar-refractivity contribution in [3.63, 3.8) is 0 Å². The second-order valence-electron chi connectivity index (χ2n) is 5.73. The van der Waals surface area contributed by atoms with E-state index in [9.17, 15) is 0 Å². The van der Waals surface area contributed by atoms with Gasteiger partial charge in [-0.25, -0.2) is 0 Å². The van der Waals surface area contributed by atoms with Crippen LogP contribution in [-0.2, 0) is 0 Å². The molecule has 0 amide bonds. The zero-order valence-electron chi connectivity index (χ0n) is 12.2. The van der Waals surface area contributed by atoms with Gasteiger partial charge in [-0.3, -0.25) is 0 Å². The maximum atomic E-state index is 3.35. The zero-order valence-corrected chi connectivity index (χ0v) is 12.2. The van der Waals surface area contributed by atoms with E-state index in [0.29, 0.717) is 0 Å². The highest BCUT2D eigenvalue weighted by molar-refractivity contribution is 5.90. The fourth-order valence-corrected chi connectivity index (χ4v) is 2.92. The number of benzene rings is 2. The third-order valence-electron chi connectivity index (χ3n) is 4.05. The van der Waals surface area contributed by atoms with Crippen LogP contribution < -0.4 is 0 Å². The van der Waals surface area contributed by atoms with E-state index in [2.05, 4.69) is 79.0 Å². The number of hydrogen-bond acceptors (Lipinski definition) is 0. The SMILES string of the molecule is Cc1ccc2[nH]cc([CH]c3c[nH]c4ccc(C)cc34)c2c1. The molecule has 0 saturated carbocycles. The van der Waals surface area contributed by atoms with Crippen molar-refractivity contribution >= 4 is 21.8 Å². The van der Waals surface area contributed by atoms with Crippen molar-refractivity contribution in [3.8, 4) is 0 Å². The second kappa shape index (κ2) is 4.52. The molecule has 0 aliphatic heterocycles. The normalized spacial score (nSPS) is 11.5. The van der Waals surface area contributed by atoms with Gasteiger partial charge in [-0.1, -0.05) is 23.3 Å². The number of aromatic amines is 2. The summed E-state index contributed by atoms with van der Waals surface area (Å²) < 4.78 is 0. The fourth-order valence-electron chi connectivity index (χ4n) is 2.92. The van der Waals surface area contributed by atoms with E-state index in [1.54, 1.807) is 0 Å². The van der Waals surface area contributed by atoms with Crippen LogP contribution >= 0.6 is 0 Å². The summed E-state index contributed by atoms with van der Waals surface area (Å²) in [5.74, 6) is 0. The maximum absolute atomic E-state index is 3.35. The molecule has 2 N–H and O–H groups in total. The van der Waals surface area contributed by atoms with Gasteiger partial charge in [-0.15, -0.1) is 0 Å². The molecule has 0 atom stereocenters. The topological polar surface area (TPSA) is 31.6 Å². The van der Waals surface area contributed by atoms with E-state index in [0.717, 1.165) is 0 Å². The highest BCUT2D eigenvalue weighted by Gasteiger charge is 2.09. The molecule has 2 nitrogen and oxygen atoms in total. The minimum absolute atomic E-state index is 1.18. The molecule has 0 saturated heterocycles. The maximum Gasteiger partial charge on any atom is 0.0457 e. The summed E-state index contributed by atoms with van der Waals surface area (Å²) in [5, 5.41) is 2.55. The van der Waals surface area contributed by atoms with Gasteiger partial charge in [0.1, 0.15) is 0 Å². The first-order valence-corrected chi connectivity index (χ1v) is 7.21. The van der Waals surface area contributed by atoms with Gasteiger partial charge in [0, 0.05) is 40.6 Å². The average Bonchev–Trinajstić information content (AvgIpc) is 3.04. The second-order valence-corrected chi connectivity index (χ2v) is 5.73. The molecular formula is C19H17N2. The summed E-state index contributed by atoms with van der Waals surface area (Å²) in [4.78, 5) is 6.69. The van der Waals surface area contributed by atoms with Crippen LogP contribution in [0.25, 0.3) is 21.8 Å². The predicted molar refractivity (Wildman–Crippen MR) is 88.6 cm³/mol. The summed E-state index contributed by atoms with van der Waals surface area (Å²) >= 11 is 0. The number of hydrogen-bond donors (Lipinski definition) is 2. The van der Waals surface area contributed by atoms with E-state index in [4.69, 9.17) is 0 Å². The molecule has 4 rings (SSSR count). The fraction of sp³-hybridized carbons (Fsp3) is 0.105. The first-order chi connectivity index (χ1) is 10.2. The van der Waals surface area contributed by atoms with Crippen molar-refractivity contribution in [2.24, 2.45) is 0 Å². The Kier molecular flexibility index (Phi) is 2.64. The molecule has 4 aromatic rings. The monoisotopic (exact) mass is 273 g/mol. The Balaban J connectivity index is 1.82. The molecule has 2 heterocycles. The molecule has 0 aliphatic rings. The van der Waals surface area contributed by atoms with E-state index in [1.807, 2.05) is 0 Å². The molecule has 0 bridgehead atoms. The molecule has 103 valence electrons. The molecule has 2 heteroatoms. The van der Waals surface area contributed by atoms with Crippen LogP contribution in [-0.4, -0.2) is 9.97 Å². The minimum atomic E-state index is 1.18. The number of rotatable bonds is 2. The number of aromatic nitrogens is 2. The summed E-state index contributed by atoms with van der Waals surface area (Å²) in [7, 11) is 0. The Morgan fingerprint density at radius 3 is 1.67 bits per heavy atom. The van der Waals surface area contributed by atoms with Gasteiger partial charge in [-0.05, 0) is 49.2 Å². The summed E-state index contributed by atoms with van der Waals surface area (Å²) in [6.45, 7) is 4.26. The number of fused-ring (bicyclic) bond motifs is 2. The van der Waals surface area contributed by atoms with Crippen LogP contribution in [0.3, 0.4) is 0 Å². The predicted octanol–water partition coefficient (Wildman–Crippen LogP) is 4.87. The Morgan fingerprint density at radius 1 is 0.714 bits per heavy atom. The van der Waals surface area contributed by atoms with Crippen LogP contribution in [0.5, 0.6) is 0 Å². The molecular weight excluding hydrogens is 256 g/mol. The number of aryl methyl sites for hydroxylation is 2. The Bertz CT molecular complexity index is 863. The van der Waals surface area contributed by atoms with Crippen LogP contribution in [0, 0.1) is 20.3 Å². The van der Waals surface area contributed by atoms with E-state index < -0.39 is 0 Å². The van der Waals surface area contributed by atoms with Gasteiger partial charge in [0.25, 0.3) is 0 Å². The lowest BCUT2D eigenvalue weighted by Crippen LogP contribution is -1.83. The van der Waals surface area contributed by atoms with Crippen LogP contribution in [0.15, 0.2) is 48.8 Å². The van der Waals surface area contributed by atoms with Crippen molar-refractivity contribution in [1.82, 2.24) is 9.97 Å². The molecule has 2 aromatic carbocycles. The number of H-pyrrole nitrogens is 2. The molecule has 0 fully saturated rings. The van der Waals surface area contributed by atoms with Crippen molar-refractivity contribution in [2.45, 2.75) is 13.8 Å². The van der Waals surface area contributed by atoms with Gasteiger partial charge >= 0.3 is 0 Å². The number of nitrogens with one attached hydrogen (secondary N) is 2. The van der Waals surface area contributed by atoms with Gasteiger partial charge in [0.05, 0.1) is 0 Å². The highest BCUT2D eigenvalue weighted by atomic mass is 14.7. The lowest BCUT2D eigenvalue weighted by molar-refractivity contribution is 1.40. The smallest absolute Gasteiger partial charge is 0.0457 e. The third kappa shape index (κ3) is 2.04. The molecule has 0 unspecified atom stereocenters. The third-order valence-corrected chi connectivity index (χ3v) is 4.05. The Labute approximate surface area is 123 Å². The van der Waals surface area contributed by atoms with Crippen molar-refractivity contribution in [1.29, 1.82) is 0 Å². The lowest BCUT2D eigenvalue weighted by atomic mass is 10.0. The Hall–Kier alpha value is -2.48. The van der Waals surface area contributed by atoms with Crippen molar-refractivity contribution in [3.05, 3.63) is 77.5 Å². The van der Waals surface area contributed by atoms with Gasteiger partial charge in [0.15, 0.2) is 0 Å². The molecule has 0 aliphatic carbocycles. The van der Waals surface area contributed by atoms with E-state index in [-0.39, 0.29) is 0 Å². The van der Waals surface area contributed by atoms with Crippen LogP contribution in [0.1, 0.15) is 22.3 Å². The van der Waals surface area contributed by atoms with Gasteiger partial charge < -0.3 is 9.97 Å². The van der Waals surface area contributed by atoms with Gasteiger partial charge in [0.2, 0.25) is 0 Å². The molecule has 1 radical (unpaired) electrons. The minimum Gasteiger partial charge on any atom is -0.361 e. The Morgan fingerprint density at radius 2 is 1.19 bits per heavy atom. The molecule has 21 heavy (non-hydrogen) atoms. The first kappa shape index (κ1) is 12.3.